The van der Waals surface area contributed by atoms with E-state index in [0.717, 1.165) is 16.9 Å². The van der Waals surface area contributed by atoms with Gasteiger partial charge in [0.2, 0.25) is 0 Å². The summed E-state index contributed by atoms with van der Waals surface area (Å²) < 4.78 is 5.32. The lowest BCUT2D eigenvalue weighted by atomic mass is 10.1. The first-order valence-electron chi connectivity index (χ1n) is 5.40. The van der Waals surface area contributed by atoms with E-state index in [0.29, 0.717) is 6.61 Å². The molecule has 4 heteroatoms. The van der Waals surface area contributed by atoms with E-state index < -0.39 is 5.66 Å². The van der Waals surface area contributed by atoms with Crippen LogP contribution < -0.4 is 10.2 Å². The van der Waals surface area contributed by atoms with Crippen molar-refractivity contribution in [3.05, 3.63) is 23.8 Å². The maximum atomic E-state index is 11.9. The van der Waals surface area contributed by atoms with Crippen LogP contribution in [0.5, 0.6) is 0 Å². The van der Waals surface area contributed by atoms with Crippen molar-refractivity contribution in [2.24, 2.45) is 0 Å². The molecule has 3 rings (SSSR count). The largest absolute Gasteiger partial charge is 0.367 e. The van der Waals surface area contributed by atoms with E-state index in [1.807, 2.05) is 36.9 Å². The van der Waals surface area contributed by atoms with Gasteiger partial charge in [-0.2, -0.15) is 0 Å². The summed E-state index contributed by atoms with van der Waals surface area (Å²) in [5.41, 5.74) is 2.74. The summed E-state index contributed by atoms with van der Waals surface area (Å²) in [6.45, 7) is 4.72. The Kier molecular flexibility index (Phi) is 1.80. The Labute approximate surface area is 94.2 Å². The monoisotopic (exact) mass is 218 g/mol. The number of nitrogens with zero attached hydrogens (tertiary/aromatic N) is 1. The Hall–Kier alpha value is -1.55. The number of anilines is 2. The van der Waals surface area contributed by atoms with Crippen molar-refractivity contribution in [2.45, 2.75) is 19.5 Å². The van der Waals surface area contributed by atoms with Crippen LogP contribution in [-0.4, -0.2) is 24.8 Å². The molecule has 1 unspecified atom stereocenters. The van der Waals surface area contributed by atoms with Crippen LogP contribution in [0.25, 0.3) is 0 Å². The van der Waals surface area contributed by atoms with Gasteiger partial charge in [-0.3, -0.25) is 9.69 Å². The lowest BCUT2D eigenvalue weighted by molar-refractivity contribution is -0.128. The molecule has 0 bridgehead atoms. The molecular weight excluding hydrogens is 204 g/mol. The van der Waals surface area contributed by atoms with Gasteiger partial charge in [0.25, 0.3) is 5.91 Å². The summed E-state index contributed by atoms with van der Waals surface area (Å²) in [6, 6.07) is 5.99. The first-order chi connectivity index (χ1) is 7.62. The van der Waals surface area contributed by atoms with Crippen LogP contribution in [0, 0.1) is 6.92 Å². The van der Waals surface area contributed by atoms with Gasteiger partial charge in [0, 0.05) is 0 Å². The number of hydrogen-bond acceptors (Lipinski definition) is 3. The minimum Gasteiger partial charge on any atom is -0.367 e. The number of nitrogens with one attached hydrogen (secondary N) is 1. The zero-order valence-corrected chi connectivity index (χ0v) is 9.41. The van der Waals surface area contributed by atoms with Crippen molar-refractivity contribution in [3.63, 3.8) is 0 Å². The normalized spacial score (nSPS) is 27.4. The molecule has 1 atom stereocenters. The van der Waals surface area contributed by atoms with E-state index in [1.54, 1.807) is 0 Å². The molecule has 4 nitrogen and oxygen atoms in total. The molecule has 0 saturated carbocycles. The predicted octanol–water partition coefficient (Wildman–Crippen LogP) is 1.50. The third-order valence-corrected chi connectivity index (χ3v) is 3.24. The molecule has 0 aromatic heterocycles. The second kappa shape index (κ2) is 2.98. The summed E-state index contributed by atoms with van der Waals surface area (Å²) in [5.74, 6) is 0.0191. The average Bonchev–Trinajstić information content (AvgIpc) is 2.53. The molecule has 1 fully saturated rings. The van der Waals surface area contributed by atoms with Crippen LogP contribution in [0.4, 0.5) is 11.4 Å². The van der Waals surface area contributed by atoms with Crippen LogP contribution in [0.15, 0.2) is 18.2 Å². The van der Waals surface area contributed by atoms with E-state index >= 15 is 0 Å². The minimum atomic E-state index is -0.427. The zero-order valence-electron chi connectivity index (χ0n) is 9.41. The number of carbonyl (C=O) groups is 1. The van der Waals surface area contributed by atoms with Gasteiger partial charge in [-0.25, -0.2) is 0 Å². The van der Waals surface area contributed by atoms with E-state index in [2.05, 4.69) is 5.32 Å². The molecule has 1 saturated heterocycles. The standard InChI is InChI=1S/C12H14N2O2/c1-8-4-3-5-9-11(8)13-12(2)7-16-6-10(15)14(9)12/h3-5,13H,6-7H2,1-2H3. The van der Waals surface area contributed by atoms with Crippen molar-refractivity contribution < 1.29 is 9.53 Å². The predicted molar refractivity (Wildman–Crippen MR) is 61.5 cm³/mol. The first kappa shape index (κ1) is 9.66. The molecule has 1 N–H and O–H groups in total. The maximum Gasteiger partial charge on any atom is 0.255 e. The van der Waals surface area contributed by atoms with E-state index in [1.165, 1.54) is 0 Å². The molecule has 84 valence electrons. The second-order valence-corrected chi connectivity index (χ2v) is 4.59. The fourth-order valence-electron chi connectivity index (χ4n) is 2.50. The third-order valence-electron chi connectivity index (χ3n) is 3.24. The summed E-state index contributed by atoms with van der Waals surface area (Å²) in [6.07, 6.45) is 0. The van der Waals surface area contributed by atoms with Gasteiger partial charge in [-0.1, -0.05) is 12.1 Å². The number of fused-ring (bicyclic) bond motifs is 3. The van der Waals surface area contributed by atoms with Crippen molar-refractivity contribution in [2.75, 3.05) is 23.4 Å². The van der Waals surface area contributed by atoms with E-state index in [4.69, 9.17) is 4.74 Å². The van der Waals surface area contributed by atoms with Gasteiger partial charge in [0.05, 0.1) is 18.0 Å². The van der Waals surface area contributed by atoms with Crippen molar-refractivity contribution in [1.82, 2.24) is 0 Å². The molecule has 0 spiro atoms. The lowest BCUT2D eigenvalue weighted by Gasteiger charge is -2.38. The fraction of sp³-hybridized carbons (Fsp3) is 0.417. The molecule has 2 aliphatic rings. The molecule has 1 amide bonds. The molecular formula is C12H14N2O2. The van der Waals surface area contributed by atoms with Crippen molar-refractivity contribution in [1.29, 1.82) is 0 Å². The number of amides is 1. The number of para-hydroxylation sites is 1. The quantitative estimate of drug-likeness (QED) is 0.717. The van der Waals surface area contributed by atoms with Gasteiger partial charge in [-0.05, 0) is 25.5 Å². The summed E-state index contributed by atoms with van der Waals surface area (Å²) in [7, 11) is 0. The van der Waals surface area contributed by atoms with Crippen molar-refractivity contribution >= 4 is 17.3 Å². The first-order valence-corrected chi connectivity index (χ1v) is 5.40. The van der Waals surface area contributed by atoms with Gasteiger partial charge in [0.15, 0.2) is 0 Å². The summed E-state index contributed by atoms with van der Waals surface area (Å²) >= 11 is 0. The van der Waals surface area contributed by atoms with Gasteiger partial charge < -0.3 is 10.1 Å². The highest BCUT2D eigenvalue weighted by atomic mass is 16.5. The Bertz CT molecular complexity index is 472. The molecule has 0 radical (unpaired) electrons. The minimum absolute atomic E-state index is 0.0191. The van der Waals surface area contributed by atoms with Gasteiger partial charge in [-0.15, -0.1) is 0 Å². The summed E-state index contributed by atoms with van der Waals surface area (Å²) in [4.78, 5) is 13.7. The topological polar surface area (TPSA) is 41.6 Å². The molecule has 16 heavy (non-hydrogen) atoms. The third kappa shape index (κ3) is 1.10. The fourth-order valence-corrected chi connectivity index (χ4v) is 2.50. The average molecular weight is 218 g/mol. The number of benzene rings is 1. The van der Waals surface area contributed by atoms with Crippen molar-refractivity contribution in [3.8, 4) is 0 Å². The van der Waals surface area contributed by atoms with Crippen LogP contribution in [0.1, 0.15) is 12.5 Å². The van der Waals surface area contributed by atoms with E-state index in [9.17, 15) is 4.79 Å². The zero-order chi connectivity index (χ0) is 11.3. The lowest BCUT2D eigenvalue weighted by Crippen LogP contribution is -2.59. The SMILES string of the molecule is Cc1cccc2c1NC1(C)COCC(=O)N21. The number of ether oxygens (including phenoxy) is 1. The number of hydrogen-bond donors (Lipinski definition) is 1. The Morgan fingerprint density at radius 3 is 3.12 bits per heavy atom. The highest BCUT2D eigenvalue weighted by molar-refractivity contribution is 6.03. The van der Waals surface area contributed by atoms with Crippen LogP contribution in [0.2, 0.25) is 0 Å². The van der Waals surface area contributed by atoms with Crippen LogP contribution in [-0.2, 0) is 9.53 Å². The number of aryl methyl sites for hydroxylation is 1. The molecule has 0 aliphatic carbocycles. The number of rotatable bonds is 0. The van der Waals surface area contributed by atoms with Crippen LogP contribution >= 0.6 is 0 Å². The Morgan fingerprint density at radius 1 is 1.50 bits per heavy atom. The Morgan fingerprint density at radius 2 is 2.31 bits per heavy atom. The number of carbonyl (C=O) groups excluding carboxylic acids is 1. The van der Waals surface area contributed by atoms with E-state index in [-0.39, 0.29) is 12.5 Å². The highest BCUT2D eigenvalue weighted by Gasteiger charge is 2.46. The number of morpholine rings is 1. The van der Waals surface area contributed by atoms with Gasteiger partial charge >= 0.3 is 0 Å². The summed E-state index contributed by atoms with van der Waals surface area (Å²) in [5, 5.41) is 3.39. The smallest absolute Gasteiger partial charge is 0.255 e. The maximum absolute atomic E-state index is 11.9. The molecule has 2 aliphatic heterocycles. The highest BCUT2D eigenvalue weighted by Crippen LogP contribution is 2.43. The molecule has 1 aromatic rings. The van der Waals surface area contributed by atoms with Gasteiger partial charge in [0.1, 0.15) is 12.3 Å². The molecule has 2 heterocycles. The molecule has 1 aromatic carbocycles. The second-order valence-electron chi connectivity index (χ2n) is 4.59. The Balaban J connectivity index is 2.17. The van der Waals surface area contributed by atoms with Crippen LogP contribution in [0.3, 0.4) is 0 Å².